The summed E-state index contributed by atoms with van der Waals surface area (Å²) in [5.41, 5.74) is 4.89. The van der Waals surface area contributed by atoms with Crippen molar-refractivity contribution in [3.8, 4) is 0 Å². The van der Waals surface area contributed by atoms with Crippen LogP contribution in [-0.4, -0.2) is 19.1 Å². The van der Waals surface area contributed by atoms with Crippen molar-refractivity contribution in [1.29, 1.82) is 0 Å². The SMILES string of the molecule is CCCc1cc(CNC)cc(N(C)c2ccc(C)cc2)n1. The number of nitrogens with zero attached hydrogens (tertiary/aromatic N) is 2. The quantitative estimate of drug-likeness (QED) is 0.873. The summed E-state index contributed by atoms with van der Waals surface area (Å²) in [5, 5.41) is 3.22. The van der Waals surface area contributed by atoms with Crippen molar-refractivity contribution in [3.05, 3.63) is 53.2 Å². The van der Waals surface area contributed by atoms with Crippen LogP contribution in [0.2, 0.25) is 0 Å². The zero-order valence-corrected chi connectivity index (χ0v) is 13.5. The van der Waals surface area contributed by atoms with Crippen molar-refractivity contribution in [2.24, 2.45) is 0 Å². The number of aryl methyl sites for hydroxylation is 2. The second-order valence-electron chi connectivity index (χ2n) is 5.50. The van der Waals surface area contributed by atoms with Gasteiger partial charge in [0.25, 0.3) is 0 Å². The fraction of sp³-hybridized carbons (Fsp3) is 0.389. The van der Waals surface area contributed by atoms with Gasteiger partial charge in [0.05, 0.1) is 0 Å². The molecule has 0 amide bonds. The van der Waals surface area contributed by atoms with E-state index in [-0.39, 0.29) is 0 Å². The number of rotatable bonds is 6. The Hall–Kier alpha value is -1.87. The average Bonchev–Trinajstić information content (AvgIpc) is 2.48. The molecule has 1 N–H and O–H groups in total. The number of hydrogen-bond donors (Lipinski definition) is 1. The van der Waals surface area contributed by atoms with Crippen molar-refractivity contribution in [3.63, 3.8) is 0 Å². The Morgan fingerprint density at radius 1 is 1.14 bits per heavy atom. The number of nitrogens with one attached hydrogen (secondary N) is 1. The molecule has 1 aromatic carbocycles. The molecular weight excluding hydrogens is 258 g/mol. The average molecular weight is 283 g/mol. The first-order valence-electron chi connectivity index (χ1n) is 7.59. The minimum Gasteiger partial charge on any atom is -0.329 e. The van der Waals surface area contributed by atoms with E-state index in [1.54, 1.807) is 0 Å². The topological polar surface area (TPSA) is 28.2 Å². The summed E-state index contributed by atoms with van der Waals surface area (Å²) in [6, 6.07) is 12.9. The summed E-state index contributed by atoms with van der Waals surface area (Å²) in [5.74, 6) is 1.01. The second kappa shape index (κ2) is 7.23. The zero-order chi connectivity index (χ0) is 15.2. The van der Waals surface area contributed by atoms with Gasteiger partial charge in [-0.25, -0.2) is 4.98 Å². The van der Waals surface area contributed by atoms with E-state index in [2.05, 4.69) is 67.5 Å². The highest BCUT2D eigenvalue weighted by Crippen LogP contribution is 2.24. The van der Waals surface area contributed by atoms with Gasteiger partial charge >= 0.3 is 0 Å². The first-order chi connectivity index (χ1) is 10.1. The molecule has 0 atom stereocenters. The standard InChI is InChI=1S/C18H25N3/c1-5-6-16-11-15(13-19-3)12-18(20-16)21(4)17-9-7-14(2)8-10-17/h7-12,19H,5-6,13H2,1-4H3. The third-order valence-corrected chi connectivity index (χ3v) is 3.58. The molecular formula is C18H25N3. The third-order valence-electron chi connectivity index (χ3n) is 3.58. The highest BCUT2D eigenvalue weighted by Gasteiger charge is 2.08. The summed E-state index contributed by atoms with van der Waals surface area (Å²) >= 11 is 0. The molecule has 21 heavy (non-hydrogen) atoms. The van der Waals surface area contributed by atoms with Crippen LogP contribution in [-0.2, 0) is 13.0 Å². The van der Waals surface area contributed by atoms with E-state index in [4.69, 9.17) is 4.98 Å². The van der Waals surface area contributed by atoms with Crippen LogP contribution in [0.15, 0.2) is 36.4 Å². The van der Waals surface area contributed by atoms with E-state index in [9.17, 15) is 0 Å². The number of aromatic nitrogens is 1. The lowest BCUT2D eigenvalue weighted by Crippen LogP contribution is -2.14. The molecule has 0 radical (unpaired) electrons. The van der Waals surface area contributed by atoms with Crippen LogP contribution in [0.4, 0.5) is 11.5 Å². The van der Waals surface area contributed by atoms with E-state index >= 15 is 0 Å². The molecule has 0 aliphatic carbocycles. The van der Waals surface area contributed by atoms with Crippen molar-refractivity contribution < 1.29 is 0 Å². The summed E-state index contributed by atoms with van der Waals surface area (Å²) in [7, 11) is 4.05. The van der Waals surface area contributed by atoms with Gasteiger partial charge in [-0.1, -0.05) is 31.0 Å². The molecule has 0 saturated carbocycles. The van der Waals surface area contributed by atoms with E-state index in [1.165, 1.54) is 16.8 Å². The highest BCUT2D eigenvalue weighted by molar-refractivity contribution is 5.60. The maximum Gasteiger partial charge on any atom is 0.133 e. The minimum atomic E-state index is 0.869. The maximum absolute atomic E-state index is 4.80. The Labute approximate surface area is 128 Å². The molecule has 3 heteroatoms. The monoisotopic (exact) mass is 283 g/mol. The Balaban J connectivity index is 2.34. The highest BCUT2D eigenvalue weighted by atomic mass is 15.2. The smallest absolute Gasteiger partial charge is 0.133 e. The summed E-state index contributed by atoms with van der Waals surface area (Å²) in [4.78, 5) is 6.95. The Kier molecular flexibility index (Phi) is 5.34. The van der Waals surface area contributed by atoms with Crippen LogP contribution in [0.1, 0.15) is 30.2 Å². The van der Waals surface area contributed by atoms with E-state index in [1.807, 2.05) is 7.05 Å². The van der Waals surface area contributed by atoms with Crippen molar-refractivity contribution in [2.75, 3.05) is 19.0 Å². The largest absolute Gasteiger partial charge is 0.329 e. The van der Waals surface area contributed by atoms with Crippen molar-refractivity contribution >= 4 is 11.5 Å². The van der Waals surface area contributed by atoms with Crippen molar-refractivity contribution in [2.45, 2.75) is 33.2 Å². The third kappa shape index (κ3) is 4.05. The second-order valence-corrected chi connectivity index (χ2v) is 5.50. The predicted octanol–water partition coefficient (Wildman–Crippen LogP) is 3.83. The molecule has 3 nitrogen and oxygen atoms in total. The van der Waals surface area contributed by atoms with Gasteiger partial charge in [0, 0.05) is 25.0 Å². The lowest BCUT2D eigenvalue weighted by molar-refractivity contribution is 0.804. The lowest BCUT2D eigenvalue weighted by Gasteiger charge is -2.20. The fourth-order valence-corrected chi connectivity index (χ4v) is 2.40. The van der Waals surface area contributed by atoms with Crippen LogP contribution >= 0.6 is 0 Å². The fourth-order valence-electron chi connectivity index (χ4n) is 2.40. The van der Waals surface area contributed by atoms with E-state index < -0.39 is 0 Å². The summed E-state index contributed by atoms with van der Waals surface area (Å²) < 4.78 is 0. The van der Waals surface area contributed by atoms with Crippen LogP contribution in [0.3, 0.4) is 0 Å². The number of pyridine rings is 1. The molecule has 0 aliphatic rings. The van der Waals surface area contributed by atoms with E-state index in [0.29, 0.717) is 0 Å². The van der Waals surface area contributed by atoms with Gasteiger partial charge in [0.2, 0.25) is 0 Å². The number of anilines is 2. The van der Waals surface area contributed by atoms with Crippen LogP contribution < -0.4 is 10.2 Å². The molecule has 0 bridgehead atoms. The van der Waals surface area contributed by atoms with Gasteiger partial charge in [0.15, 0.2) is 0 Å². The summed E-state index contributed by atoms with van der Waals surface area (Å²) in [6.07, 6.45) is 2.13. The van der Waals surface area contributed by atoms with Crippen LogP contribution in [0.25, 0.3) is 0 Å². The van der Waals surface area contributed by atoms with Gasteiger partial charge in [-0.05, 0) is 50.2 Å². The first-order valence-corrected chi connectivity index (χ1v) is 7.59. The first kappa shape index (κ1) is 15.5. The zero-order valence-electron chi connectivity index (χ0n) is 13.5. The minimum absolute atomic E-state index is 0.869. The Morgan fingerprint density at radius 2 is 1.86 bits per heavy atom. The molecule has 1 heterocycles. The van der Waals surface area contributed by atoms with Crippen molar-refractivity contribution in [1.82, 2.24) is 10.3 Å². The molecule has 0 saturated heterocycles. The number of benzene rings is 1. The Morgan fingerprint density at radius 3 is 2.48 bits per heavy atom. The predicted molar refractivity (Wildman–Crippen MR) is 90.2 cm³/mol. The van der Waals surface area contributed by atoms with Gasteiger partial charge in [-0.15, -0.1) is 0 Å². The molecule has 2 aromatic rings. The maximum atomic E-state index is 4.80. The summed E-state index contributed by atoms with van der Waals surface area (Å²) in [6.45, 7) is 5.17. The molecule has 0 spiro atoms. The Bertz CT molecular complexity index is 551. The molecule has 0 unspecified atom stereocenters. The molecule has 0 fully saturated rings. The van der Waals surface area contributed by atoms with E-state index in [0.717, 1.165) is 30.9 Å². The molecule has 1 aromatic heterocycles. The molecule has 2 rings (SSSR count). The lowest BCUT2D eigenvalue weighted by atomic mass is 10.1. The normalized spacial score (nSPS) is 10.7. The van der Waals surface area contributed by atoms with Gasteiger partial charge < -0.3 is 10.2 Å². The number of hydrogen-bond acceptors (Lipinski definition) is 3. The van der Waals surface area contributed by atoms with Crippen LogP contribution in [0, 0.1) is 6.92 Å². The van der Waals surface area contributed by atoms with Gasteiger partial charge in [-0.2, -0.15) is 0 Å². The molecule has 0 aliphatic heterocycles. The van der Waals surface area contributed by atoms with Crippen LogP contribution in [0.5, 0.6) is 0 Å². The molecule has 112 valence electrons. The van der Waals surface area contributed by atoms with Gasteiger partial charge in [0.1, 0.15) is 5.82 Å². The van der Waals surface area contributed by atoms with Gasteiger partial charge in [-0.3, -0.25) is 0 Å².